The number of imidazole rings is 1. The van der Waals surface area contributed by atoms with Crippen molar-refractivity contribution in [3.8, 4) is 28.4 Å². The zero-order valence-electron chi connectivity index (χ0n) is 20.1. The normalized spacial score (nSPS) is 11.5. The Bertz CT molecular complexity index is 1790. The van der Waals surface area contributed by atoms with Crippen LogP contribution in [0.1, 0.15) is 0 Å². The van der Waals surface area contributed by atoms with Gasteiger partial charge in [0.2, 0.25) is 11.8 Å². The quantitative estimate of drug-likeness (QED) is 0.307. The topological polar surface area (TPSA) is 121 Å². The highest BCUT2D eigenvalue weighted by Gasteiger charge is 2.22. The number of halogens is 2. The molecule has 2 heterocycles. The molecule has 38 heavy (non-hydrogen) atoms. The van der Waals surface area contributed by atoms with Crippen LogP contribution in [0.3, 0.4) is 0 Å². The van der Waals surface area contributed by atoms with Crippen LogP contribution >= 0.6 is 0 Å². The summed E-state index contributed by atoms with van der Waals surface area (Å²) in [5.41, 5.74) is 9.39. The number of fused-ring (bicyclic) bond motifs is 1. The molecule has 0 fully saturated rings. The van der Waals surface area contributed by atoms with E-state index in [9.17, 15) is 17.2 Å². The first-order valence-corrected chi connectivity index (χ1v) is 12.6. The van der Waals surface area contributed by atoms with Gasteiger partial charge < -0.3 is 15.2 Å². The number of para-hydroxylation sites is 2. The van der Waals surface area contributed by atoms with Crippen LogP contribution in [0.15, 0.2) is 77.8 Å². The molecule has 5 rings (SSSR count). The van der Waals surface area contributed by atoms with Gasteiger partial charge in [-0.25, -0.2) is 27.2 Å². The number of sulfonamides is 1. The highest BCUT2D eigenvalue weighted by molar-refractivity contribution is 7.92. The highest BCUT2D eigenvalue weighted by Crippen LogP contribution is 2.34. The Hall–Kier alpha value is -4.71. The van der Waals surface area contributed by atoms with Crippen molar-refractivity contribution in [1.29, 1.82) is 0 Å². The molecule has 3 aromatic carbocycles. The number of anilines is 2. The maximum absolute atomic E-state index is 14.2. The summed E-state index contributed by atoms with van der Waals surface area (Å²) in [7, 11) is -1.55. The molecule has 0 radical (unpaired) electrons. The van der Waals surface area contributed by atoms with Gasteiger partial charge in [-0.2, -0.15) is 0 Å². The number of pyridine rings is 1. The number of ether oxygens (including phenoxy) is 2. The van der Waals surface area contributed by atoms with E-state index in [-0.39, 0.29) is 17.5 Å². The summed E-state index contributed by atoms with van der Waals surface area (Å²) in [5.74, 6) is -1.31. The highest BCUT2D eigenvalue weighted by atomic mass is 32.2. The molecule has 12 heteroatoms. The van der Waals surface area contributed by atoms with E-state index in [1.165, 1.54) is 19.4 Å². The SMILES string of the molecule is COc1ccccc1-n1c(N)nc2ccc(-c3cnc(OC)c(NS(=O)(=O)c4ccc(F)cc4F)c3)cc21. The van der Waals surface area contributed by atoms with Crippen LogP contribution in [0.5, 0.6) is 11.6 Å². The molecule has 194 valence electrons. The fourth-order valence-corrected chi connectivity index (χ4v) is 5.19. The van der Waals surface area contributed by atoms with Crippen LogP contribution < -0.4 is 19.9 Å². The van der Waals surface area contributed by atoms with Gasteiger partial charge in [-0.15, -0.1) is 0 Å². The number of aromatic nitrogens is 3. The monoisotopic (exact) mass is 537 g/mol. The molecule has 0 bridgehead atoms. The Morgan fingerprint density at radius 3 is 2.47 bits per heavy atom. The van der Waals surface area contributed by atoms with Crippen LogP contribution in [0.2, 0.25) is 0 Å². The van der Waals surface area contributed by atoms with E-state index in [1.807, 2.05) is 24.3 Å². The minimum atomic E-state index is -4.43. The van der Waals surface area contributed by atoms with Crippen molar-refractivity contribution in [2.75, 3.05) is 24.7 Å². The Morgan fingerprint density at radius 2 is 1.74 bits per heavy atom. The second-order valence-corrected chi connectivity index (χ2v) is 9.79. The summed E-state index contributed by atoms with van der Waals surface area (Å²) < 4.78 is 68.0. The maximum Gasteiger partial charge on any atom is 0.264 e. The average Bonchev–Trinajstić information content (AvgIpc) is 3.22. The fraction of sp³-hybridized carbons (Fsp3) is 0.0769. The number of hydrogen-bond donors (Lipinski definition) is 2. The van der Waals surface area contributed by atoms with Gasteiger partial charge in [-0.3, -0.25) is 9.29 Å². The van der Waals surface area contributed by atoms with E-state index in [2.05, 4.69) is 14.7 Å². The Kier molecular flexibility index (Phi) is 6.33. The van der Waals surface area contributed by atoms with Gasteiger partial charge in [0.25, 0.3) is 10.0 Å². The number of rotatable bonds is 7. The first-order valence-electron chi connectivity index (χ1n) is 11.2. The standard InChI is InChI=1S/C26H21F2N5O4S/c1-36-23-6-4-3-5-21(23)33-22-12-15(7-9-19(22)31-26(33)29)16-11-20(25(37-2)30-14-16)32-38(34,35)24-10-8-17(27)13-18(24)28/h3-14,32H,1-2H3,(H2,29,31). The zero-order chi connectivity index (χ0) is 27.0. The van der Waals surface area contributed by atoms with Crippen molar-refractivity contribution < 1.29 is 26.7 Å². The zero-order valence-corrected chi connectivity index (χ0v) is 21.0. The molecule has 0 aliphatic heterocycles. The van der Waals surface area contributed by atoms with E-state index in [1.54, 1.807) is 29.9 Å². The van der Waals surface area contributed by atoms with Gasteiger partial charge in [0.05, 0.1) is 30.9 Å². The fourth-order valence-electron chi connectivity index (χ4n) is 4.08. The van der Waals surface area contributed by atoms with Gasteiger partial charge in [0.15, 0.2) is 0 Å². The lowest BCUT2D eigenvalue weighted by Crippen LogP contribution is -2.15. The molecule has 0 saturated heterocycles. The molecule has 5 aromatic rings. The molecule has 0 aliphatic rings. The van der Waals surface area contributed by atoms with Gasteiger partial charge in [0.1, 0.15) is 28.0 Å². The smallest absolute Gasteiger partial charge is 0.264 e. The number of hydrogen-bond acceptors (Lipinski definition) is 7. The summed E-state index contributed by atoms with van der Waals surface area (Å²) in [6.07, 6.45) is 1.50. The Morgan fingerprint density at radius 1 is 0.947 bits per heavy atom. The predicted molar refractivity (Wildman–Crippen MR) is 139 cm³/mol. The largest absolute Gasteiger partial charge is 0.495 e. The van der Waals surface area contributed by atoms with Crippen molar-refractivity contribution in [2.24, 2.45) is 0 Å². The number of methoxy groups -OCH3 is 2. The lowest BCUT2D eigenvalue weighted by Gasteiger charge is -2.14. The molecule has 0 saturated carbocycles. The lowest BCUT2D eigenvalue weighted by molar-refractivity contribution is 0.400. The molecule has 0 aliphatic carbocycles. The number of nitrogens with one attached hydrogen (secondary N) is 1. The van der Waals surface area contributed by atoms with E-state index >= 15 is 0 Å². The first-order chi connectivity index (χ1) is 18.2. The second kappa shape index (κ2) is 9.63. The number of nitrogens with two attached hydrogens (primary N) is 1. The van der Waals surface area contributed by atoms with Crippen LogP contribution in [0, 0.1) is 11.6 Å². The molecule has 3 N–H and O–H groups in total. The van der Waals surface area contributed by atoms with Gasteiger partial charge in [0, 0.05) is 17.8 Å². The third-order valence-corrected chi connectivity index (χ3v) is 7.21. The molecule has 9 nitrogen and oxygen atoms in total. The van der Waals surface area contributed by atoms with Crippen LogP contribution in [0.4, 0.5) is 20.4 Å². The van der Waals surface area contributed by atoms with Crippen LogP contribution in [-0.2, 0) is 10.0 Å². The van der Waals surface area contributed by atoms with Gasteiger partial charge >= 0.3 is 0 Å². The van der Waals surface area contributed by atoms with Crippen molar-refractivity contribution in [2.45, 2.75) is 4.90 Å². The summed E-state index contributed by atoms with van der Waals surface area (Å²) in [5, 5.41) is 0. The third kappa shape index (κ3) is 4.45. The van der Waals surface area contributed by atoms with E-state index in [4.69, 9.17) is 15.2 Å². The summed E-state index contributed by atoms with van der Waals surface area (Å²) in [6, 6.07) is 16.4. The van der Waals surface area contributed by atoms with Crippen molar-refractivity contribution in [1.82, 2.24) is 14.5 Å². The predicted octanol–water partition coefficient (Wildman–Crippen LogP) is 4.77. The molecule has 0 atom stereocenters. The number of nitrogens with zero attached hydrogens (tertiary/aromatic N) is 3. The van der Waals surface area contributed by atoms with Crippen LogP contribution in [0.25, 0.3) is 27.8 Å². The van der Waals surface area contributed by atoms with Crippen molar-refractivity contribution in [3.63, 3.8) is 0 Å². The summed E-state index contributed by atoms with van der Waals surface area (Å²) in [4.78, 5) is 7.93. The lowest BCUT2D eigenvalue weighted by atomic mass is 10.1. The number of benzene rings is 3. The summed E-state index contributed by atoms with van der Waals surface area (Å²) >= 11 is 0. The Balaban J connectivity index is 1.60. The Labute approximate surface area is 216 Å². The molecule has 0 amide bonds. The molecular formula is C26H21F2N5O4S. The van der Waals surface area contributed by atoms with E-state index in [0.29, 0.717) is 39.7 Å². The summed E-state index contributed by atoms with van der Waals surface area (Å²) in [6.45, 7) is 0. The van der Waals surface area contributed by atoms with Crippen LogP contribution in [-0.4, -0.2) is 37.2 Å². The molecule has 0 spiro atoms. The molecular weight excluding hydrogens is 516 g/mol. The third-order valence-electron chi connectivity index (χ3n) is 5.81. The first kappa shape index (κ1) is 25.0. The maximum atomic E-state index is 14.2. The average molecular weight is 538 g/mol. The van der Waals surface area contributed by atoms with Crippen molar-refractivity contribution in [3.05, 3.63) is 84.6 Å². The second-order valence-electron chi connectivity index (χ2n) is 8.14. The van der Waals surface area contributed by atoms with Crippen molar-refractivity contribution >= 4 is 32.7 Å². The number of nitrogen functional groups attached to an aromatic ring is 1. The minimum Gasteiger partial charge on any atom is -0.495 e. The van der Waals surface area contributed by atoms with Gasteiger partial charge in [-0.1, -0.05) is 18.2 Å². The molecule has 2 aromatic heterocycles. The molecule has 0 unspecified atom stereocenters. The minimum absolute atomic E-state index is 0.0356. The van der Waals surface area contributed by atoms with Gasteiger partial charge in [-0.05, 0) is 48.0 Å². The van der Waals surface area contributed by atoms with E-state index < -0.39 is 26.6 Å². The van der Waals surface area contributed by atoms with E-state index in [0.717, 1.165) is 12.1 Å².